The van der Waals surface area contributed by atoms with Crippen molar-refractivity contribution in [3.05, 3.63) is 60.2 Å². The number of rotatable bonds is 1. The molecule has 0 N–H and O–H groups in total. The molecule has 0 bridgehead atoms. The molecule has 2 aromatic rings. The van der Waals surface area contributed by atoms with Crippen molar-refractivity contribution in [1.82, 2.24) is 0 Å². The maximum atomic E-state index is 4.84. The summed E-state index contributed by atoms with van der Waals surface area (Å²) in [6.45, 7) is 0.962. The fraction of sp³-hybridized carbons (Fsp3) is 0.133. The third kappa shape index (κ3) is 2.03. The molecule has 0 spiro atoms. The fourth-order valence-electron chi connectivity index (χ4n) is 2.50. The zero-order valence-electron chi connectivity index (χ0n) is 10.2. The summed E-state index contributed by atoms with van der Waals surface area (Å²) in [5, 5.41) is 1.14. The van der Waals surface area contributed by atoms with E-state index in [2.05, 4.69) is 59.5 Å². The molecular weight excluding hydrogens is 276 g/mol. The van der Waals surface area contributed by atoms with Crippen LogP contribution in [-0.4, -0.2) is 11.7 Å². The summed E-state index contributed by atoms with van der Waals surface area (Å²) in [6, 6.07) is 19.3. The molecule has 0 fully saturated rings. The quantitative estimate of drug-likeness (QED) is 0.784. The molecule has 0 saturated carbocycles. The first-order valence-electron chi connectivity index (χ1n) is 6.09. The highest BCUT2D eigenvalue weighted by Crippen LogP contribution is 2.44. The Labute approximate surface area is 123 Å². The van der Waals surface area contributed by atoms with Crippen LogP contribution < -0.4 is 4.90 Å². The molecule has 2 heterocycles. The van der Waals surface area contributed by atoms with Crippen LogP contribution in [0.15, 0.2) is 64.5 Å². The van der Waals surface area contributed by atoms with Gasteiger partial charge in [0.2, 0.25) is 0 Å². The monoisotopic (exact) mass is 288 g/mol. The summed E-state index contributed by atoms with van der Waals surface area (Å²) >= 11 is 1.78. The van der Waals surface area contributed by atoms with E-state index in [1.165, 1.54) is 16.1 Å². The van der Waals surface area contributed by atoms with Crippen molar-refractivity contribution in [2.24, 2.45) is 4.99 Å². The molecule has 2 aliphatic rings. The number of para-hydroxylation sites is 1. The van der Waals surface area contributed by atoms with Gasteiger partial charge in [0.1, 0.15) is 0 Å². The molecule has 0 saturated heterocycles. The van der Waals surface area contributed by atoms with Gasteiger partial charge in [0.15, 0.2) is 5.17 Å². The third-order valence-corrected chi connectivity index (χ3v) is 4.47. The van der Waals surface area contributed by atoms with Crippen molar-refractivity contribution in [3.63, 3.8) is 0 Å². The predicted molar refractivity (Wildman–Crippen MR) is 83.5 cm³/mol. The molecule has 2 nitrogen and oxygen atoms in total. The van der Waals surface area contributed by atoms with E-state index < -0.39 is 0 Å². The number of benzene rings is 2. The second-order valence-electron chi connectivity index (χ2n) is 4.52. The lowest BCUT2D eigenvalue weighted by Gasteiger charge is -2.14. The first-order chi connectivity index (χ1) is 8.92. The molecule has 0 aliphatic carbocycles. The highest BCUT2D eigenvalue weighted by atomic mass is 35.5. The molecule has 1 unspecified atom stereocenters. The SMILES string of the molecule is Cl.c1ccc(C2CN3C(=N2)Sc2ccccc23)cc1. The second kappa shape index (κ2) is 4.91. The van der Waals surface area contributed by atoms with Gasteiger partial charge in [-0.15, -0.1) is 12.4 Å². The van der Waals surface area contributed by atoms with Crippen LogP contribution in [-0.2, 0) is 0 Å². The molecule has 4 heteroatoms. The number of amidine groups is 1. The number of hydrogen-bond acceptors (Lipinski definition) is 3. The van der Waals surface area contributed by atoms with Gasteiger partial charge in [0.25, 0.3) is 0 Å². The molecule has 0 aromatic heterocycles. The number of hydrogen-bond donors (Lipinski definition) is 0. The lowest BCUT2D eigenvalue weighted by Crippen LogP contribution is -2.21. The van der Waals surface area contributed by atoms with Crippen molar-refractivity contribution in [3.8, 4) is 0 Å². The summed E-state index contributed by atoms with van der Waals surface area (Å²) in [4.78, 5) is 8.49. The largest absolute Gasteiger partial charge is 0.317 e. The van der Waals surface area contributed by atoms with E-state index in [1.54, 1.807) is 11.8 Å². The lowest BCUT2D eigenvalue weighted by molar-refractivity contribution is 0.778. The van der Waals surface area contributed by atoms with Crippen molar-refractivity contribution >= 4 is 35.0 Å². The Hall–Kier alpha value is -1.45. The molecule has 1 atom stereocenters. The smallest absolute Gasteiger partial charge is 0.169 e. The van der Waals surface area contributed by atoms with Gasteiger partial charge >= 0.3 is 0 Å². The minimum absolute atomic E-state index is 0. The standard InChI is InChI=1S/C15H12N2S.ClH/c1-2-6-11(7-3-1)12-10-17-13-8-4-5-9-14(13)18-15(17)16-12;/h1-9,12H,10H2;1H. The van der Waals surface area contributed by atoms with Gasteiger partial charge in [-0.25, -0.2) is 0 Å². The molecule has 19 heavy (non-hydrogen) atoms. The van der Waals surface area contributed by atoms with Gasteiger partial charge in [0.05, 0.1) is 18.3 Å². The highest BCUT2D eigenvalue weighted by molar-refractivity contribution is 8.14. The Bertz CT molecular complexity index is 627. The van der Waals surface area contributed by atoms with E-state index in [4.69, 9.17) is 4.99 Å². The number of aliphatic imine (C=N–C) groups is 1. The average Bonchev–Trinajstić information content (AvgIpc) is 2.97. The molecule has 2 aromatic carbocycles. The van der Waals surface area contributed by atoms with Gasteiger partial charge in [-0.1, -0.05) is 42.5 Å². The second-order valence-corrected chi connectivity index (χ2v) is 5.53. The molecule has 2 aliphatic heterocycles. The number of anilines is 1. The molecular formula is C15H13ClN2S. The van der Waals surface area contributed by atoms with Crippen LogP contribution in [0.2, 0.25) is 0 Å². The van der Waals surface area contributed by atoms with Gasteiger partial charge in [0, 0.05) is 4.90 Å². The zero-order chi connectivity index (χ0) is 11.9. The minimum Gasteiger partial charge on any atom is -0.317 e. The van der Waals surface area contributed by atoms with Crippen LogP contribution >= 0.6 is 24.2 Å². The first kappa shape index (κ1) is 12.6. The van der Waals surface area contributed by atoms with Crippen molar-refractivity contribution in [2.45, 2.75) is 10.9 Å². The third-order valence-electron chi connectivity index (χ3n) is 3.39. The van der Waals surface area contributed by atoms with Gasteiger partial charge in [-0.2, -0.15) is 0 Å². The molecule has 4 rings (SSSR count). The van der Waals surface area contributed by atoms with E-state index in [0.29, 0.717) is 0 Å². The van der Waals surface area contributed by atoms with E-state index in [9.17, 15) is 0 Å². The van der Waals surface area contributed by atoms with Crippen LogP contribution in [0.4, 0.5) is 5.69 Å². The van der Waals surface area contributed by atoms with Gasteiger partial charge in [-0.05, 0) is 29.5 Å². The van der Waals surface area contributed by atoms with Crippen molar-refractivity contribution < 1.29 is 0 Å². The van der Waals surface area contributed by atoms with Crippen LogP contribution in [0.25, 0.3) is 0 Å². The zero-order valence-corrected chi connectivity index (χ0v) is 11.8. The Kier molecular flexibility index (Phi) is 3.25. The molecule has 0 radical (unpaired) electrons. The Morgan fingerprint density at radius 3 is 2.58 bits per heavy atom. The topological polar surface area (TPSA) is 15.6 Å². The van der Waals surface area contributed by atoms with E-state index in [1.807, 2.05) is 0 Å². The van der Waals surface area contributed by atoms with Crippen molar-refractivity contribution in [1.29, 1.82) is 0 Å². The van der Waals surface area contributed by atoms with Crippen LogP contribution in [0, 0.1) is 0 Å². The van der Waals surface area contributed by atoms with Crippen molar-refractivity contribution in [2.75, 3.05) is 11.4 Å². The van der Waals surface area contributed by atoms with E-state index in [0.717, 1.165) is 11.7 Å². The molecule has 0 amide bonds. The summed E-state index contributed by atoms with van der Waals surface area (Å²) in [5.74, 6) is 0. The Balaban J connectivity index is 0.00000110. The maximum Gasteiger partial charge on any atom is 0.169 e. The summed E-state index contributed by atoms with van der Waals surface area (Å²) in [6.07, 6.45) is 0. The Morgan fingerprint density at radius 1 is 1.00 bits per heavy atom. The van der Waals surface area contributed by atoms with Crippen LogP contribution in [0.1, 0.15) is 11.6 Å². The van der Waals surface area contributed by atoms with Gasteiger partial charge < -0.3 is 4.90 Å². The Morgan fingerprint density at radius 2 is 1.74 bits per heavy atom. The average molecular weight is 289 g/mol. The van der Waals surface area contributed by atoms with E-state index >= 15 is 0 Å². The maximum absolute atomic E-state index is 4.84. The van der Waals surface area contributed by atoms with Crippen LogP contribution in [0.5, 0.6) is 0 Å². The number of nitrogens with zero attached hydrogens (tertiary/aromatic N) is 2. The van der Waals surface area contributed by atoms with Gasteiger partial charge in [-0.3, -0.25) is 4.99 Å². The number of thioether (sulfide) groups is 1. The number of fused-ring (bicyclic) bond motifs is 3. The summed E-state index contributed by atoms with van der Waals surface area (Å²) < 4.78 is 0. The van der Waals surface area contributed by atoms with E-state index in [-0.39, 0.29) is 18.4 Å². The predicted octanol–water partition coefficient (Wildman–Crippen LogP) is 4.13. The van der Waals surface area contributed by atoms with Crippen LogP contribution in [0.3, 0.4) is 0 Å². The fourth-order valence-corrected chi connectivity index (χ4v) is 3.59. The number of halogens is 1. The normalized spacial score (nSPS) is 19.5. The minimum atomic E-state index is 0. The highest BCUT2D eigenvalue weighted by Gasteiger charge is 2.34. The summed E-state index contributed by atoms with van der Waals surface area (Å²) in [7, 11) is 0. The lowest BCUT2D eigenvalue weighted by atomic mass is 10.1. The molecule has 96 valence electrons. The summed E-state index contributed by atoms with van der Waals surface area (Å²) in [5.41, 5.74) is 2.61. The first-order valence-corrected chi connectivity index (χ1v) is 6.90.